The smallest absolute Gasteiger partial charge is 0.0438 e. The second kappa shape index (κ2) is 4.23. The number of nitrogens with two attached hydrogens (primary N) is 1. The summed E-state index contributed by atoms with van der Waals surface area (Å²) < 4.78 is 0. The maximum atomic E-state index is 5.78. The van der Waals surface area contributed by atoms with Gasteiger partial charge in [-0.15, -0.1) is 0 Å². The number of rotatable bonds is 4. The van der Waals surface area contributed by atoms with E-state index in [1.165, 1.54) is 36.2 Å². The topological polar surface area (TPSA) is 29.3 Å². The van der Waals surface area contributed by atoms with Crippen molar-refractivity contribution in [2.45, 2.75) is 26.3 Å². The number of benzene rings is 1. The van der Waals surface area contributed by atoms with E-state index in [9.17, 15) is 0 Å². The van der Waals surface area contributed by atoms with Crippen LogP contribution in [-0.2, 0) is 6.54 Å². The Labute approximate surface area is 92.1 Å². The number of hydrogen-bond donors (Lipinski definition) is 1. The van der Waals surface area contributed by atoms with Gasteiger partial charge in [-0.05, 0) is 36.8 Å². The Balaban J connectivity index is 2.22. The summed E-state index contributed by atoms with van der Waals surface area (Å²) in [5.74, 6) is 0.917. The molecule has 0 aromatic heterocycles. The van der Waals surface area contributed by atoms with Crippen LogP contribution >= 0.6 is 0 Å². The average molecular weight is 204 g/mol. The Kier molecular flexibility index (Phi) is 2.96. The minimum absolute atomic E-state index is 0.631. The molecular formula is C13H20N2. The van der Waals surface area contributed by atoms with Gasteiger partial charge in [-0.1, -0.05) is 18.2 Å². The van der Waals surface area contributed by atoms with Crippen molar-refractivity contribution in [3.05, 3.63) is 29.3 Å². The molecule has 0 bridgehead atoms. The first-order chi connectivity index (χ1) is 7.22. The first-order valence-electron chi connectivity index (χ1n) is 5.72. The zero-order valence-electron chi connectivity index (χ0n) is 9.66. The molecule has 0 radical (unpaired) electrons. The number of aryl methyl sites for hydroxylation is 1. The Morgan fingerprint density at radius 2 is 2.13 bits per heavy atom. The molecule has 2 rings (SSSR count). The molecule has 15 heavy (non-hydrogen) atoms. The second-order valence-electron chi connectivity index (χ2n) is 4.61. The van der Waals surface area contributed by atoms with Crippen molar-refractivity contribution in [1.82, 2.24) is 0 Å². The molecule has 2 N–H and O–H groups in total. The van der Waals surface area contributed by atoms with Crippen LogP contribution < -0.4 is 10.6 Å². The third-order valence-electron chi connectivity index (χ3n) is 3.15. The van der Waals surface area contributed by atoms with Gasteiger partial charge in [0.05, 0.1) is 0 Å². The van der Waals surface area contributed by atoms with Crippen LogP contribution in [0, 0.1) is 12.8 Å². The summed E-state index contributed by atoms with van der Waals surface area (Å²) in [6, 6.07) is 6.38. The summed E-state index contributed by atoms with van der Waals surface area (Å²) in [4.78, 5) is 2.37. The van der Waals surface area contributed by atoms with Crippen LogP contribution in [0.2, 0.25) is 0 Å². The lowest BCUT2D eigenvalue weighted by atomic mass is 10.1. The van der Waals surface area contributed by atoms with E-state index in [2.05, 4.69) is 37.1 Å². The predicted molar refractivity (Wildman–Crippen MR) is 65.1 cm³/mol. The van der Waals surface area contributed by atoms with Gasteiger partial charge in [0.25, 0.3) is 0 Å². The summed E-state index contributed by atoms with van der Waals surface area (Å²) in [5, 5.41) is 0. The van der Waals surface area contributed by atoms with Crippen LogP contribution in [0.3, 0.4) is 0 Å². The summed E-state index contributed by atoms with van der Waals surface area (Å²) >= 11 is 0. The first kappa shape index (κ1) is 10.5. The summed E-state index contributed by atoms with van der Waals surface area (Å²) in [6.07, 6.45) is 2.79. The van der Waals surface area contributed by atoms with E-state index in [-0.39, 0.29) is 0 Å². The van der Waals surface area contributed by atoms with Crippen molar-refractivity contribution in [2.75, 3.05) is 18.5 Å². The number of nitrogens with zero attached hydrogens (tertiary/aromatic N) is 1. The molecule has 0 unspecified atom stereocenters. The van der Waals surface area contributed by atoms with Gasteiger partial charge in [-0.25, -0.2) is 0 Å². The van der Waals surface area contributed by atoms with Crippen molar-refractivity contribution < 1.29 is 0 Å². The fraction of sp³-hybridized carbons (Fsp3) is 0.538. The molecule has 2 heteroatoms. The molecule has 82 valence electrons. The third-order valence-corrected chi connectivity index (χ3v) is 3.15. The SMILES string of the molecule is Cc1cccc(CN)c1N(C)CC1CC1. The lowest BCUT2D eigenvalue weighted by Crippen LogP contribution is -2.23. The standard InChI is InChI=1S/C13H20N2/c1-10-4-3-5-12(8-14)13(10)15(2)9-11-6-7-11/h3-5,11H,6-9,14H2,1-2H3. The molecule has 0 aliphatic heterocycles. The van der Waals surface area contributed by atoms with E-state index in [1.807, 2.05) is 0 Å². The zero-order chi connectivity index (χ0) is 10.8. The van der Waals surface area contributed by atoms with Gasteiger partial charge in [0.15, 0.2) is 0 Å². The van der Waals surface area contributed by atoms with E-state index in [1.54, 1.807) is 0 Å². The van der Waals surface area contributed by atoms with Gasteiger partial charge in [0, 0.05) is 25.8 Å². The average Bonchev–Trinajstić information content (AvgIpc) is 3.00. The molecule has 0 heterocycles. The Morgan fingerprint density at radius 3 is 2.73 bits per heavy atom. The molecule has 0 saturated heterocycles. The number of para-hydroxylation sites is 1. The fourth-order valence-corrected chi connectivity index (χ4v) is 2.21. The van der Waals surface area contributed by atoms with Gasteiger partial charge in [0.2, 0.25) is 0 Å². The molecule has 1 fully saturated rings. The highest BCUT2D eigenvalue weighted by atomic mass is 15.1. The molecule has 1 aliphatic rings. The molecule has 0 atom stereocenters. The highest BCUT2D eigenvalue weighted by Crippen LogP contribution is 2.32. The Morgan fingerprint density at radius 1 is 1.40 bits per heavy atom. The van der Waals surface area contributed by atoms with Crippen LogP contribution in [0.25, 0.3) is 0 Å². The largest absolute Gasteiger partial charge is 0.374 e. The Bertz CT molecular complexity index is 342. The van der Waals surface area contributed by atoms with Crippen LogP contribution in [0.1, 0.15) is 24.0 Å². The highest BCUT2D eigenvalue weighted by molar-refractivity contribution is 5.59. The van der Waals surface area contributed by atoms with Crippen molar-refractivity contribution >= 4 is 5.69 Å². The summed E-state index contributed by atoms with van der Waals surface area (Å²) in [6.45, 7) is 3.97. The van der Waals surface area contributed by atoms with Crippen molar-refractivity contribution in [3.8, 4) is 0 Å². The van der Waals surface area contributed by atoms with E-state index in [4.69, 9.17) is 5.73 Å². The molecule has 2 nitrogen and oxygen atoms in total. The quantitative estimate of drug-likeness (QED) is 0.815. The van der Waals surface area contributed by atoms with Gasteiger partial charge >= 0.3 is 0 Å². The van der Waals surface area contributed by atoms with Gasteiger partial charge in [0.1, 0.15) is 0 Å². The second-order valence-corrected chi connectivity index (χ2v) is 4.61. The summed E-state index contributed by atoms with van der Waals surface area (Å²) in [5.41, 5.74) is 9.71. The molecule has 1 saturated carbocycles. The van der Waals surface area contributed by atoms with E-state index in [0.717, 1.165) is 5.92 Å². The van der Waals surface area contributed by atoms with E-state index < -0.39 is 0 Å². The molecular weight excluding hydrogens is 184 g/mol. The Hall–Kier alpha value is -1.02. The monoisotopic (exact) mass is 204 g/mol. The van der Waals surface area contributed by atoms with Crippen molar-refractivity contribution in [2.24, 2.45) is 11.7 Å². The van der Waals surface area contributed by atoms with E-state index in [0.29, 0.717) is 6.54 Å². The maximum Gasteiger partial charge on any atom is 0.0438 e. The summed E-state index contributed by atoms with van der Waals surface area (Å²) in [7, 11) is 2.18. The van der Waals surface area contributed by atoms with Crippen molar-refractivity contribution in [3.63, 3.8) is 0 Å². The van der Waals surface area contributed by atoms with Gasteiger partial charge < -0.3 is 10.6 Å². The first-order valence-corrected chi connectivity index (χ1v) is 5.72. The number of anilines is 1. The van der Waals surface area contributed by atoms with Gasteiger partial charge in [-0.2, -0.15) is 0 Å². The number of hydrogen-bond acceptors (Lipinski definition) is 2. The minimum Gasteiger partial charge on any atom is -0.374 e. The third kappa shape index (κ3) is 2.32. The van der Waals surface area contributed by atoms with Crippen LogP contribution in [0.4, 0.5) is 5.69 Å². The molecule has 1 aliphatic carbocycles. The molecule has 0 spiro atoms. The molecule has 1 aromatic carbocycles. The fourth-order valence-electron chi connectivity index (χ4n) is 2.21. The van der Waals surface area contributed by atoms with Crippen molar-refractivity contribution in [1.29, 1.82) is 0 Å². The highest BCUT2D eigenvalue weighted by Gasteiger charge is 2.24. The zero-order valence-corrected chi connectivity index (χ0v) is 9.66. The van der Waals surface area contributed by atoms with Crippen LogP contribution in [-0.4, -0.2) is 13.6 Å². The lowest BCUT2D eigenvalue weighted by molar-refractivity contribution is 0.780. The van der Waals surface area contributed by atoms with Crippen LogP contribution in [0.5, 0.6) is 0 Å². The normalized spacial score (nSPS) is 15.4. The predicted octanol–water partition coefficient (Wildman–Crippen LogP) is 2.30. The van der Waals surface area contributed by atoms with Crippen LogP contribution in [0.15, 0.2) is 18.2 Å². The molecule has 1 aromatic rings. The lowest BCUT2D eigenvalue weighted by Gasteiger charge is -2.24. The van der Waals surface area contributed by atoms with Gasteiger partial charge in [-0.3, -0.25) is 0 Å². The van der Waals surface area contributed by atoms with E-state index >= 15 is 0 Å². The maximum absolute atomic E-state index is 5.78. The minimum atomic E-state index is 0.631. The molecule has 0 amide bonds.